The average molecular weight is 204 g/mol. The predicted molar refractivity (Wildman–Crippen MR) is 68.1 cm³/mol. The van der Waals surface area contributed by atoms with E-state index in [9.17, 15) is 0 Å². The third-order valence-corrected chi connectivity index (χ3v) is 3.52. The van der Waals surface area contributed by atoms with Gasteiger partial charge in [0, 0.05) is 0 Å². The molecule has 0 bridgehead atoms. The smallest absolute Gasteiger partial charge is 0.0227 e. The summed E-state index contributed by atoms with van der Waals surface area (Å²) in [5.74, 6) is 0. The van der Waals surface area contributed by atoms with E-state index in [0.29, 0.717) is 0 Å². The lowest BCUT2D eigenvalue weighted by atomic mass is 10.1. The first-order valence-corrected chi connectivity index (χ1v) is 6.95. The Labute approximate surface area is 88.1 Å². The largest absolute Gasteiger partial charge is 0.0913 e. The summed E-state index contributed by atoms with van der Waals surface area (Å²) in [6, 6.07) is 8.39. The van der Waals surface area contributed by atoms with Gasteiger partial charge >= 0.3 is 0 Å². The van der Waals surface area contributed by atoms with E-state index in [1.165, 1.54) is 16.4 Å². The molecule has 0 amide bonds. The van der Waals surface area contributed by atoms with Gasteiger partial charge in [-0.1, -0.05) is 50.9 Å². The summed E-state index contributed by atoms with van der Waals surface area (Å²) < 4.78 is 0. The zero-order valence-electron chi connectivity index (χ0n) is 9.12. The molecule has 0 aliphatic carbocycles. The number of hydrogen-bond acceptors (Lipinski definition) is 0. The number of rotatable bonds is 3. The molecule has 0 nitrogen and oxygen atoms in total. The van der Waals surface area contributed by atoms with Gasteiger partial charge in [0.1, 0.15) is 0 Å². The van der Waals surface area contributed by atoms with Gasteiger partial charge in [-0.05, 0) is 36.7 Å². The highest BCUT2D eigenvalue weighted by Gasteiger charge is 1.95. The fourth-order valence-electron chi connectivity index (χ4n) is 1.11. The second kappa shape index (κ2) is 5.12. The lowest BCUT2D eigenvalue weighted by Gasteiger charge is -2.04. The Bertz CT molecular complexity index is 348. The van der Waals surface area contributed by atoms with Crippen molar-refractivity contribution in [3.05, 3.63) is 53.4 Å². The minimum Gasteiger partial charge on any atom is -0.0913 e. The van der Waals surface area contributed by atoms with Crippen LogP contribution in [0.2, 0.25) is 0 Å². The normalized spacial score (nSPS) is 11.1. The van der Waals surface area contributed by atoms with Crippen molar-refractivity contribution in [3.8, 4) is 0 Å². The van der Waals surface area contributed by atoms with Crippen molar-refractivity contribution in [2.45, 2.75) is 6.92 Å². The van der Waals surface area contributed by atoms with Crippen LogP contribution < -0.4 is 0 Å². The van der Waals surface area contributed by atoms with Gasteiger partial charge in [0.15, 0.2) is 0 Å². The maximum atomic E-state index is 4.04. The molecule has 0 unspecified atom stereocenters. The fraction of sp³-hybridized carbons (Fsp3) is 0.231. The Balaban J connectivity index is 2.79. The molecule has 0 saturated carbocycles. The molecule has 14 heavy (non-hydrogen) atoms. The molecule has 0 spiro atoms. The quantitative estimate of drug-likeness (QED) is 0.509. The molecule has 1 rings (SSSR count). The van der Waals surface area contributed by atoms with Crippen LogP contribution in [0.15, 0.2) is 42.2 Å². The minimum absolute atomic E-state index is 0.0488. The molecule has 0 fully saturated rings. The van der Waals surface area contributed by atoms with Crippen LogP contribution in [-0.4, -0.2) is 13.3 Å². The zero-order valence-corrected chi connectivity index (χ0v) is 10.0. The lowest BCUT2D eigenvalue weighted by Crippen LogP contribution is -1.78. The molecule has 0 radical (unpaired) electrons. The molecule has 0 heterocycles. The fourth-order valence-corrected chi connectivity index (χ4v) is 1.48. The monoisotopic (exact) mass is 204 g/mol. The van der Waals surface area contributed by atoms with Crippen molar-refractivity contribution in [1.82, 2.24) is 0 Å². The van der Waals surface area contributed by atoms with Gasteiger partial charge in [-0.15, -0.1) is 0 Å². The van der Waals surface area contributed by atoms with Gasteiger partial charge in [0.25, 0.3) is 0 Å². The summed E-state index contributed by atoms with van der Waals surface area (Å²) in [7, 11) is -0.0488. The summed E-state index contributed by atoms with van der Waals surface area (Å²) in [6.07, 6.45) is 4.29. The zero-order chi connectivity index (χ0) is 10.6. The molecule has 1 heteroatoms. The topological polar surface area (TPSA) is 0 Å². The standard InChI is InChI=1S/C13H17P/c1-11-7-5-6-8-13(11)10-9-12(2)14(3)4/h5-10H,2H2,1,3-4H3/b10-9-. The first-order chi connectivity index (χ1) is 6.61. The van der Waals surface area contributed by atoms with E-state index < -0.39 is 0 Å². The van der Waals surface area contributed by atoms with Crippen molar-refractivity contribution < 1.29 is 0 Å². The van der Waals surface area contributed by atoms with Gasteiger partial charge < -0.3 is 0 Å². The van der Waals surface area contributed by atoms with Gasteiger partial charge in [-0.3, -0.25) is 0 Å². The molecular weight excluding hydrogens is 187 g/mol. The summed E-state index contributed by atoms with van der Waals surface area (Å²) in [6.45, 7) is 10.6. The van der Waals surface area contributed by atoms with E-state index in [0.717, 1.165) is 0 Å². The van der Waals surface area contributed by atoms with Gasteiger partial charge in [0.05, 0.1) is 0 Å². The van der Waals surface area contributed by atoms with Crippen LogP contribution in [0.5, 0.6) is 0 Å². The van der Waals surface area contributed by atoms with Gasteiger partial charge in [-0.25, -0.2) is 0 Å². The average Bonchev–Trinajstić information content (AvgIpc) is 2.16. The second-order valence-corrected chi connectivity index (χ2v) is 5.94. The van der Waals surface area contributed by atoms with E-state index in [-0.39, 0.29) is 7.92 Å². The molecule has 0 aliphatic rings. The summed E-state index contributed by atoms with van der Waals surface area (Å²) in [5, 5.41) is 1.24. The Hall–Kier alpha value is -0.870. The van der Waals surface area contributed by atoms with Crippen LogP contribution in [0, 0.1) is 6.92 Å². The molecule has 0 N–H and O–H groups in total. The molecule has 0 aromatic heterocycles. The molecule has 0 aliphatic heterocycles. The SMILES string of the molecule is C=C(/C=C\c1ccccc1C)P(C)C. The molecule has 0 saturated heterocycles. The van der Waals surface area contributed by atoms with Crippen LogP contribution >= 0.6 is 7.92 Å². The van der Waals surface area contributed by atoms with Crippen LogP contribution in [0.25, 0.3) is 6.08 Å². The third-order valence-electron chi connectivity index (χ3n) is 2.22. The second-order valence-electron chi connectivity index (χ2n) is 3.58. The maximum Gasteiger partial charge on any atom is -0.0227 e. The summed E-state index contributed by atoms with van der Waals surface area (Å²) in [5.41, 5.74) is 2.60. The first kappa shape index (κ1) is 11.2. The third kappa shape index (κ3) is 3.12. The Morgan fingerprint density at radius 2 is 1.93 bits per heavy atom. The number of allylic oxidation sites excluding steroid dienone is 2. The Morgan fingerprint density at radius 1 is 1.29 bits per heavy atom. The van der Waals surface area contributed by atoms with Crippen LogP contribution in [-0.2, 0) is 0 Å². The van der Waals surface area contributed by atoms with Crippen molar-refractivity contribution >= 4 is 14.0 Å². The van der Waals surface area contributed by atoms with E-state index in [1.807, 2.05) is 0 Å². The first-order valence-electron chi connectivity index (χ1n) is 4.71. The molecule has 1 aromatic rings. The van der Waals surface area contributed by atoms with Crippen LogP contribution in [0.3, 0.4) is 0 Å². The van der Waals surface area contributed by atoms with E-state index in [1.54, 1.807) is 0 Å². The molecule has 74 valence electrons. The van der Waals surface area contributed by atoms with E-state index >= 15 is 0 Å². The number of aryl methyl sites for hydroxylation is 1. The van der Waals surface area contributed by atoms with Crippen LogP contribution in [0.4, 0.5) is 0 Å². The van der Waals surface area contributed by atoms with Crippen molar-refractivity contribution in [2.24, 2.45) is 0 Å². The van der Waals surface area contributed by atoms with E-state index in [2.05, 4.69) is 63.2 Å². The molecule has 0 atom stereocenters. The summed E-state index contributed by atoms with van der Waals surface area (Å²) in [4.78, 5) is 0. The number of hydrogen-bond donors (Lipinski definition) is 0. The summed E-state index contributed by atoms with van der Waals surface area (Å²) >= 11 is 0. The Kier molecular flexibility index (Phi) is 4.10. The molecular formula is C13H17P. The highest BCUT2D eigenvalue weighted by molar-refractivity contribution is 7.60. The van der Waals surface area contributed by atoms with Crippen molar-refractivity contribution in [3.63, 3.8) is 0 Å². The van der Waals surface area contributed by atoms with E-state index in [4.69, 9.17) is 0 Å². The van der Waals surface area contributed by atoms with Crippen LogP contribution in [0.1, 0.15) is 11.1 Å². The predicted octanol–water partition coefficient (Wildman–Crippen LogP) is 4.26. The highest BCUT2D eigenvalue weighted by Crippen LogP contribution is 2.35. The minimum atomic E-state index is -0.0488. The maximum absolute atomic E-state index is 4.04. The molecule has 1 aromatic carbocycles. The lowest BCUT2D eigenvalue weighted by molar-refractivity contribution is 1.44. The van der Waals surface area contributed by atoms with Crippen molar-refractivity contribution in [2.75, 3.05) is 13.3 Å². The highest BCUT2D eigenvalue weighted by atomic mass is 31.1. The Morgan fingerprint density at radius 3 is 2.50 bits per heavy atom. The van der Waals surface area contributed by atoms with Crippen molar-refractivity contribution in [1.29, 1.82) is 0 Å². The number of benzene rings is 1. The van der Waals surface area contributed by atoms with Gasteiger partial charge in [-0.2, -0.15) is 0 Å². The van der Waals surface area contributed by atoms with Gasteiger partial charge in [0.2, 0.25) is 0 Å².